The van der Waals surface area contributed by atoms with Crippen molar-refractivity contribution in [1.29, 1.82) is 0 Å². The van der Waals surface area contributed by atoms with Gasteiger partial charge in [0.15, 0.2) is 12.0 Å². The zero-order chi connectivity index (χ0) is 27.1. The molecule has 3 aromatic rings. The highest BCUT2D eigenvalue weighted by molar-refractivity contribution is 7.93. The minimum atomic E-state index is -2.20. The van der Waals surface area contributed by atoms with Gasteiger partial charge in [-0.3, -0.25) is 0 Å². The van der Waals surface area contributed by atoms with Crippen LogP contribution >= 0.6 is 11.6 Å². The number of benzene rings is 2. The summed E-state index contributed by atoms with van der Waals surface area (Å²) in [6, 6.07) is 17.7. The molecule has 3 aliphatic rings. The fraction of sp³-hybridized carbons (Fsp3) is 0.379. The molecule has 0 spiro atoms. The van der Waals surface area contributed by atoms with Crippen LogP contribution in [0, 0.1) is 0 Å². The van der Waals surface area contributed by atoms with Crippen molar-refractivity contribution in [2.75, 3.05) is 25.2 Å². The second kappa shape index (κ2) is 10.6. The third-order valence-electron chi connectivity index (χ3n) is 7.11. The topological polar surface area (TPSA) is 103 Å². The summed E-state index contributed by atoms with van der Waals surface area (Å²) in [5, 5.41) is 10.5. The van der Waals surface area contributed by atoms with E-state index in [2.05, 4.69) is 9.36 Å². The molecule has 204 valence electrons. The molecular formula is C29H30ClN3O5S. The lowest BCUT2D eigenvalue weighted by molar-refractivity contribution is 0.00558. The van der Waals surface area contributed by atoms with Crippen LogP contribution in [0.1, 0.15) is 19.0 Å². The van der Waals surface area contributed by atoms with Gasteiger partial charge < -0.3 is 19.3 Å². The highest BCUT2D eigenvalue weighted by Gasteiger charge is 2.49. The van der Waals surface area contributed by atoms with E-state index in [1.165, 1.54) is 0 Å². The maximum Gasteiger partial charge on any atom is 0.195 e. The smallest absolute Gasteiger partial charge is 0.195 e. The van der Waals surface area contributed by atoms with E-state index in [1.807, 2.05) is 61.5 Å². The fourth-order valence-corrected chi connectivity index (χ4v) is 6.91. The van der Waals surface area contributed by atoms with Crippen LogP contribution in [-0.2, 0) is 30.4 Å². The number of halogens is 1. The molecule has 0 amide bonds. The number of aliphatic imine (C=N–C) groups is 1. The van der Waals surface area contributed by atoms with Crippen molar-refractivity contribution in [3.05, 3.63) is 65.3 Å². The summed E-state index contributed by atoms with van der Waals surface area (Å²) in [4.78, 5) is 9.41. The van der Waals surface area contributed by atoms with Crippen LogP contribution in [0.15, 0.2) is 64.0 Å². The number of nitrogens with zero attached hydrogens (tertiary/aromatic N) is 3. The van der Waals surface area contributed by atoms with Gasteiger partial charge in [0.2, 0.25) is 0 Å². The van der Waals surface area contributed by atoms with Gasteiger partial charge in [0.1, 0.15) is 18.3 Å². The Morgan fingerprint density at radius 2 is 1.72 bits per heavy atom. The van der Waals surface area contributed by atoms with E-state index in [9.17, 15) is 9.32 Å². The quantitative estimate of drug-likeness (QED) is 0.431. The zero-order valence-electron chi connectivity index (χ0n) is 21.7. The molecule has 0 aliphatic carbocycles. The highest BCUT2D eigenvalue weighted by Crippen LogP contribution is 2.37. The summed E-state index contributed by atoms with van der Waals surface area (Å²) in [6.45, 7) is 2.61. The van der Waals surface area contributed by atoms with Crippen LogP contribution in [0.4, 0.5) is 11.4 Å². The van der Waals surface area contributed by atoms with Crippen LogP contribution in [0.25, 0.3) is 22.4 Å². The summed E-state index contributed by atoms with van der Waals surface area (Å²) in [6.07, 6.45) is 1.42. The lowest BCUT2D eigenvalue weighted by atomic mass is 10.0. The number of ether oxygens (including phenoxy) is 3. The number of rotatable bonds is 6. The Bertz CT molecular complexity index is 1530. The first-order valence-electron chi connectivity index (χ1n) is 13.1. The summed E-state index contributed by atoms with van der Waals surface area (Å²) >= 11 is 6.62. The van der Waals surface area contributed by atoms with Crippen LogP contribution in [0.2, 0.25) is 5.02 Å². The number of hydrogen-bond donors (Lipinski definition) is 1. The zero-order valence-corrected chi connectivity index (χ0v) is 23.3. The predicted octanol–water partition coefficient (Wildman–Crippen LogP) is 5.34. The van der Waals surface area contributed by atoms with Gasteiger partial charge in [-0.25, -0.2) is 14.2 Å². The Morgan fingerprint density at radius 3 is 2.44 bits per heavy atom. The molecule has 1 unspecified atom stereocenters. The first-order chi connectivity index (χ1) is 18.8. The van der Waals surface area contributed by atoms with E-state index < -0.39 is 15.8 Å². The van der Waals surface area contributed by atoms with E-state index in [-0.39, 0.29) is 24.9 Å². The number of aromatic nitrogens is 1. The van der Waals surface area contributed by atoms with E-state index in [0.717, 1.165) is 34.5 Å². The van der Waals surface area contributed by atoms with E-state index in [1.54, 1.807) is 6.26 Å². The molecule has 39 heavy (non-hydrogen) atoms. The minimum Gasteiger partial charge on any atom is -0.472 e. The number of fused-ring (bicyclic) bond motifs is 2. The number of hydrogen-bond acceptors (Lipinski definition) is 8. The van der Waals surface area contributed by atoms with Crippen molar-refractivity contribution < 1.29 is 23.5 Å². The average Bonchev–Trinajstić information content (AvgIpc) is 3.60. The Morgan fingerprint density at radius 1 is 1.05 bits per heavy atom. The van der Waals surface area contributed by atoms with Crippen molar-refractivity contribution in [1.82, 2.24) is 4.98 Å². The Balaban J connectivity index is 1.15. The third-order valence-corrected chi connectivity index (χ3v) is 9.16. The maximum absolute atomic E-state index is 12.5. The molecular weight excluding hydrogens is 538 g/mol. The lowest BCUT2D eigenvalue weighted by Gasteiger charge is -2.17. The molecule has 2 aromatic carbocycles. The van der Waals surface area contributed by atoms with Crippen LogP contribution < -0.4 is 0 Å². The molecule has 4 heterocycles. The van der Waals surface area contributed by atoms with Gasteiger partial charge in [-0.05, 0) is 35.7 Å². The summed E-state index contributed by atoms with van der Waals surface area (Å²) in [5.41, 5.74) is 5.89. The number of aliphatic hydroxyl groups excluding tert-OH is 1. The SMILES string of the molecule is CCCS(C)(=O)=Nc1ccc(-c2ccc(-c3nc4c(cc3Cl)N=C(O[C@@H]3CO[C@H]5[C@@H]3OC[C@H]5O)C4)cc2)cc1. The first kappa shape index (κ1) is 26.4. The molecule has 2 saturated heterocycles. The molecule has 1 N–H and O–H groups in total. The van der Waals surface area contributed by atoms with Crippen LogP contribution in [-0.4, -0.2) is 69.8 Å². The first-order valence-corrected chi connectivity index (χ1v) is 15.5. The third kappa shape index (κ3) is 5.47. The van der Waals surface area contributed by atoms with Crippen molar-refractivity contribution in [2.24, 2.45) is 9.36 Å². The fourth-order valence-electron chi connectivity index (χ4n) is 5.23. The second-order valence-electron chi connectivity index (χ2n) is 10.2. The maximum atomic E-state index is 12.5. The average molecular weight is 568 g/mol. The largest absolute Gasteiger partial charge is 0.472 e. The summed E-state index contributed by atoms with van der Waals surface area (Å²) < 4.78 is 34.3. The lowest BCUT2D eigenvalue weighted by Crippen LogP contribution is -2.34. The molecule has 0 radical (unpaired) electrons. The summed E-state index contributed by atoms with van der Waals surface area (Å²) in [5.74, 6) is 1.14. The van der Waals surface area contributed by atoms with E-state index in [0.29, 0.717) is 41.1 Å². The van der Waals surface area contributed by atoms with Crippen molar-refractivity contribution in [3.63, 3.8) is 0 Å². The molecule has 8 nitrogen and oxygen atoms in total. The molecule has 0 bridgehead atoms. The van der Waals surface area contributed by atoms with Crippen molar-refractivity contribution in [3.8, 4) is 22.4 Å². The summed E-state index contributed by atoms with van der Waals surface area (Å²) in [7, 11) is -2.20. The van der Waals surface area contributed by atoms with Crippen LogP contribution in [0.3, 0.4) is 0 Å². The molecule has 1 aromatic heterocycles. The van der Waals surface area contributed by atoms with Crippen molar-refractivity contribution >= 4 is 38.6 Å². The Kier molecular flexibility index (Phi) is 7.20. The second-order valence-corrected chi connectivity index (χ2v) is 13.1. The van der Waals surface area contributed by atoms with Gasteiger partial charge in [-0.2, -0.15) is 4.36 Å². The van der Waals surface area contributed by atoms with Crippen molar-refractivity contribution in [2.45, 2.75) is 44.2 Å². The normalized spacial score (nSPS) is 25.1. The molecule has 0 saturated carbocycles. The molecule has 5 atom stereocenters. The van der Waals surface area contributed by atoms with E-state index >= 15 is 0 Å². The number of aliphatic hydroxyl groups is 1. The predicted molar refractivity (Wildman–Crippen MR) is 153 cm³/mol. The van der Waals surface area contributed by atoms with Gasteiger partial charge in [-0.1, -0.05) is 54.9 Å². The van der Waals surface area contributed by atoms with E-state index in [4.69, 9.17) is 30.8 Å². The minimum absolute atomic E-state index is 0.253. The van der Waals surface area contributed by atoms with Crippen LogP contribution in [0.5, 0.6) is 0 Å². The van der Waals surface area contributed by atoms with Gasteiger partial charge in [0.25, 0.3) is 0 Å². The molecule has 2 fully saturated rings. The van der Waals surface area contributed by atoms with Gasteiger partial charge in [-0.15, -0.1) is 0 Å². The van der Waals surface area contributed by atoms with Gasteiger partial charge in [0, 0.05) is 27.3 Å². The molecule has 10 heteroatoms. The van der Waals surface area contributed by atoms with Gasteiger partial charge >= 0.3 is 0 Å². The Hall–Kier alpha value is -2.82. The number of pyridine rings is 1. The highest BCUT2D eigenvalue weighted by atomic mass is 35.5. The Labute approximate surface area is 233 Å². The molecule has 6 rings (SSSR count). The molecule has 3 aliphatic heterocycles. The monoisotopic (exact) mass is 567 g/mol. The van der Waals surface area contributed by atoms with Gasteiger partial charge in [0.05, 0.1) is 47.4 Å². The standard InChI is InChI=1S/C29H30ClN3O5S/c1-3-12-39(2,35)33-20-10-8-18(9-11-20)17-4-6-19(7-5-17)27-21(30)13-22-23(32-27)14-26(31-22)38-25-16-37-28-24(34)15-36-29(25)28/h4-11,13,24-25,28-29,34H,3,12,14-16H2,1-2H3/t24-,25-,28-,29-,39?/m1/s1.